The topological polar surface area (TPSA) is 33.7 Å². The van der Waals surface area contributed by atoms with E-state index >= 15 is 0 Å². The van der Waals surface area contributed by atoms with Crippen LogP contribution in [0.15, 0.2) is 24.8 Å². The first-order valence-electron chi connectivity index (χ1n) is 7.44. The lowest BCUT2D eigenvalue weighted by atomic mass is 9.98. The molecular weight excluding hydrogens is 288 g/mol. The summed E-state index contributed by atoms with van der Waals surface area (Å²) in [6.07, 6.45) is 3.96. The van der Waals surface area contributed by atoms with E-state index in [2.05, 4.69) is 16.8 Å². The zero-order valence-corrected chi connectivity index (χ0v) is 12.9. The van der Waals surface area contributed by atoms with Crippen LogP contribution in [0.3, 0.4) is 0 Å². The molecule has 114 valence electrons. The molecule has 1 aromatic rings. The highest BCUT2D eigenvalue weighted by molar-refractivity contribution is 6.31. The SMILES string of the molecule is C=CCC[C@H](c1cc2c(cc1Cl)OCO2)N1CCNCC1. The van der Waals surface area contributed by atoms with E-state index in [1.165, 1.54) is 0 Å². The van der Waals surface area contributed by atoms with Crippen LogP contribution < -0.4 is 14.8 Å². The number of nitrogens with one attached hydrogen (secondary N) is 1. The highest BCUT2D eigenvalue weighted by Crippen LogP contribution is 2.41. The Morgan fingerprint density at radius 3 is 2.71 bits per heavy atom. The monoisotopic (exact) mass is 308 g/mol. The van der Waals surface area contributed by atoms with E-state index < -0.39 is 0 Å². The van der Waals surface area contributed by atoms with Crippen molar-refractivity contribution in [1.82, 2.24) is 10.2 Å². The standard InChI is InChI=1S/C16H21ClN2O2/c1-2-3-4-14(19-7-5-18-6-8-19)12-9-15-16(10-13(12)17)21-11-20-15/h2,9-10,14,18H,1,3-8,11H2/t14-/m1/s1. The molecule has 0 amide bonds. The Bertz CT molecular complexity index is 515. The Morgan fingerprint density at radius 2 is 2.00 bits per heavy atom. The molecule has 3 rings (SSSR count). The van der Waals surface area contributed by atoms with Crippen molar-refractivity contribution in [3.63, 3.8) is 0 Å². The maximum Gasteiger partial charge on any atom is 0.231 e. The predicted molar refractivity (Wildman–Crippen MR) is 84.2 cm³/mol. The third-order valence-electron chi connectivity index (χ3n) is 4.09. The molecule has 1 fully saturated rings. The average molecular weight is 309 g/mol. The van der Waals surface area contributed by atoms with Crippen LogP contribution in [-0.2, 0) is 0 Å². The highest BCUT2D eigenvalue weighted by atomic mass is 35.5. The number of piperazine rings is 1. The van der Waals surface area contributed by atoms with Gasteiger partial charge in [0.1, 0.15) is 0 Å². The van der Waals surface area contributed by atoms with Crippen LogP contribution in [0.2, 0.25) is 5.02 Å². The summed E-state index contributed by atoms with van der Waals surface area (Å²) < 4.78 is 10.9. The number of hydrogen-bond donors (Lipinski definition) is 1. The van der Waals surface area contributed by atoms with E-state index in [1.54, 1.807) is 0 Å². The number of benzene rings is 1. The van der Waals surface area contributed by atoms with E-state index in [0.717, 1.165) is 61.1 Å². The van der Waals surface area contributed by atoms with E-state index in [-0.39, 0.29) is 6.79 Å². The molecule has 0 aliphatic carbocycles. The third-order valence-corrected chi connectivity index (χ3v) is 4.41. The van der Waals surface area contributed by atoms with E-state index in [9.17, 15) is 0 Å². The van der Waals surface area contributed by atoms with Gasteiger partial charge in [-0.05, 0) is 24.5 Å². The van der Waals surface area contributed by atoms with Crippen LogP contribution in [0.5, 0.6) is 11.5 Å². The summed E-state index contributed by atoms with van der Waals surface area (Å²) in [6.45, 7) is 8.23. The molecule has 0 radical (unpaired) electrons. The number of allylic oxidation sites excluding steroid dienone is 1. The van der Waals surface area contributed by atoms with Crippen molar-refractivity contribution in [2.75, 3.05) is 33.0 Å². The first kappa shape index (κ1) is 14.7. The van der Waals surface area contributed by atoms with Crippen molar-refractivity contribution < 1.29 is 9.47 Å². The van der Waals surface area contributed by atoms with E-state index in [4.69, 9.17) is 21.1 Å². The first-order chi connectivity index (χ1) is 10.3. The van der Waals surface area contributed by atoms with Crippen molar-refractivity contribution in [2.24, 2.45) is 0 Å². The smallest absolute Gasteiger partial charge is 0.231 e. The Morgan fingerprint density at radius 1 is 1.29 bits per heavy atom. The fourth-order valence-electron chi connectivity index (χ4n) is 2.99. The van der Waals surface area contributed by atoms with E-state index in [0.29, 0.717) is 6.04 Å². The Kier molecular flexibility index (Phi) is 4.68. The number of fused-ring (bicyclic) bond motifs is 1. The molecule has 0 saturated carbocycles. The summed E-state index contributed by atoms with van der Waals surface area (Å²) in [5, 5.41) is 4.15. The molecule has 21 heavy (non-hydrogen) atoms. The number of rotatable bonds is 5. The Balaban J connectivity index is 1.89. The van der Waals surface area contributed by atoms with Gasteiger partial charge in [-0.1, -0.05) is 17.7 Å². The molecular formula is C16H21ClN2O2. The van der Waals surface area contributed by atoms with Crippen LogP contribution >= 0.6 is 11.6 Å². The largest absolute Gasteiger partial charge is 0.454 e. The molecule has 5 heteroatoms. The molecule has 1 saturated heterocycles. The fourth-order valence-corrected chi connectivity index (χ4v) is 3.27. The fraction of sp³-hybridized carbons (Fsp3) is 0.500. The molecule has 1 aromatic carbocycles. The van der Waals surface area contributed by atoms with Gasteiger partial charge in [0, 0.05) is 43.3 Å². The van der Waals surface area contributed by atoms with Gasteiger partial charge in [0.15, 0.2) is 11.5 Å². The quantitative estimate of drug-likeness (QED) is 0.848. The van der Waals surface area contributed by atoms with Crippen LogP contribution in [0.1, 0.15) is 24.4 Å². The summed E-state index contributed by atoms with van der Waals surface area (Å²) in [5.74, 6) is 1.54. The van der Waals surface area contributed by atoms with Gasteiger partial charge >= 0.3 is 0 Å². The zero-order valence-electron chi connectivity index (χ0n) is 12.1. The van der Waals surface area contributed by atoms with Gasteiger partial charge in [-0.25, -0.2) is 0 Å². The molecule has 2 aliphatic heterocycles. The molecule has 0 bridgehead atoms. The van der Waals surface area contributed by atoms with Crippen LogP contribution in [0.25, 0.3) is 0 Å². The normalized spacial score (nSPS) is 19.5. The minimum atomic E-state index is 0.278. The van der Waals surface area contributed by atoms with Gasteiger partial charge in [-0.15, -0.1) is 6.58 Å². The van der Waals surface area contributed by atoms with Crippen LogP contribution in [0.4, 0.5) is 0 Å². The third kappa shape index (κ3) is 3.18. The second-order valence-electron chi connectivity index (χ2n) is 5.39. The maximum absolute atomic E-state index is 6.50. The average Bonchev–Trinajstić information content (AvgIpc) is 2.96. The summed E-state index contributed by atoms with van der Waals surface area (Å²) in [4.78, 5) is 2.49. The Labute approximate surface area is 130 Å². The van der Waals surface area contributed by atoms with Crippen molar-refractivity contribution in [3.05, 3.63) is 35.4 Å². The molecule has 2 aliphatic rings. The number of halogens is 1. The minimum Gasteiger partial charge on any atom is -0.454 e. The van der Waals surface area contributed by atoms with Gasteiger partial charge in [-0.3, -0.25) is 4.90 Å². The Hall–Kier alpha value is -1.23. The lowest BCUT2D eigenvalue weighted by Gasteiger charge is -2.35. The number of nitrogens with zero attached hydrogens (tertiary/aromatic N) is 1. The van der Waals surface area contributed by atoms with Crippen molar-refractivity contribution in [1.29, 1.82) is 0 Å². The lowest BCUT2D eigenvalue weighted by Crippen LogP contribution is -2.45. The second kappa shape index (κ2) is 6.69. The molecule has 1 N–H and O–H groups in total. The van der Waals surface area contributed by atoms with Crippen LogP contribution in [0, 0.1) is 0 Å². The molecule has 0 unspecified atom stereocenters. The summed E-state index contributed by atoms with van der Waals surface area (Å²) in [5.41, 5.74) is 1.13. The van der Waals surface area contributed by atoms with Gasteiger partial charge in [0.25, 0.3) is 0 Å². The zero-order chi connectivity index (χ0) is 14.7. The number of hydrogen-bond acceptors (Lipinski definition) is 4. The highest BCUT2D eigenvalue weighted by Gasteiger charge is 2.26. The predicted octanol–water partition coefficient (Wildman–Crippen LogP) is 2.98. The van der Waals surface area contributed by atoms with Crippen molar-refractivity contribution in [3.8, 4) is 11.5 Å². The lowest BCUT2D eigenvalue weighted by molar-refractivity contribution is 0.165. The molecule has 4 nitrogen and oxygen atoms in total. The van der Waals surface area contributed by atoms with Crippen molar-refractivity contribution >= 4 is 11.6 Å². The van der Waals surface area contributed by atoms with Crippen molar-refractivity contribution in [2.45, 2.75) is 18.9 Å². The summed E-state index contributed by atoms with van der Waals surface area (Å²) in [6, 6.07) is 4.22. The second-order valence-corrected chi connectivity index (χ2v) is 5.80. The van der Waals surface area contributed by atoms with Crippen LogP contribution in [-0.4, -0.2) is 37.9 Å². The number of ether oxygens (including phenoxy) is 2. The molecule has 0 aromatic heterocycles. The molecule has 1 atom stereocenters. The minimum absolute atomic E-state index is 0.278. The van der Waals surface area contributed by atoms with Gasteiger partial charge in [0.05, 0.1) is 0 Å². The molecule has 2 heterocycles. The summed E-state index contributed by atoms with van der Waals surface area (Å²) >= 11 is 6.50. The van der Waals surface area contributed by atoms with Gasteiger partial charge in [-0.2, -0.15) is 0 Å². The van der Waals surface area contributed by atoms with Gasteiger partial charge in [0.2, 0.25) is 6.79 Å². The van der Waals surface area contributed by atoms with Gasteiger partial charge < -0.3 is 14.8 Å². The van der Waals surface area contributed by atoms with E-state index in [1.807, 2.05) is 18.2 Å². The summed E-state index contributed by atoms with van der Waals surface area (Å²) in [7, 11) is 0. The maximum atomic E-state index is 6.50. The first-order valence-corrected chi connectivity index (χ1v) is 7.82. The molecule has 0 spiro atoms.